The molecule has 6 rings (SSSR count). The number of aliphatic hydroxyl groups is 6. The summed E-state index contributed by atoms with van der Waals surface area (Å²) in [5, 5.41) is 69.0. The summed E-state index contributed by atoms with van der Waals surface area (Å²) in [6.07, 6.45) is -11.4. The summed E-state index contributed by atoms with van der Waals surface area (Å²) in [6, 6.07) is -1.12. The van der Waals surface area contributed by atoms with Crippen LogP contribution >= 0.6 is 65.8 Å². The van der Waals surface area contributed by atoms with E-state index in [1.165, 1.54) is 64.9 Å². The van der Waals surface area contributed by atoms with Crippen LogP contribution in [0.3, 0.4) is 0 Å². The van der Waals surface area contributed by atoms with Crippen LogP contribution in [0.15, 0.2) is 35.1 Å². The number of carbonyl (C=O) groups excluding carboxylic acids is 3. The van der Waals surface area contributed by atoms with E-state index in [4.69, 9.17) is 47.5 Å². The van der Waals surface area contributed by atoms with Gasteiger partial charge < -0.3 is 73.3 Å². The molecule has 0 spiro atoms. The number of thioether (sulfide) groups is 1. The highest BCUT2D eigenvalue weighted by Gasteiger charge is 2.50. The molecule has 26 heteroatoms. The Morgan fingerprint density at radius 3 is 2.27 bits per heavy atom. The molecule has 3 fully saturated rings. The molecule has 21 nitrogen and oxygen atoms in total. The first-order valence-electron chi connectivity index (χ1n) is 22.6. The van der Waals surface area contributed by atoms with Crippen molar-refractivity contribution in [2.24, 2.45) is 0 Å². The van der Waals surface area contributed by atoms with Crippen molar-refractivity contribution >= 4 is 82.8 Å². The SMILES string of the molecule is COC(=O)NC1=C2/C(=C/CSSSC)[C@](O)(C#C/C=C\C#C[C@@H]2O[C@@H]2O[C@H](C)C(NO[C@H]3C[C@H](O)[C@H](SC(=O)c4c(C)c(I)c(O[C@@H]5O[C@@H](C)[C@H](O)[C@@H](OC)[C@H]5O)c(OC)c4OC)[C@@H](C)O3)[C@H](O)[C@H]2O)CC1=O. The van der Waals surface area contributed by atoms with Crippen LogP contribution in [0.2, 0.25) is 0 Å². The van der Waals surface area contributed by atoms with Crippen LogP contribution in [0.1, 0.15) is 49.5 Å². The lowest BCUT2D eigenvalue weighted by Gasteiger charge is -2.44. The Hall–Kier alpha value is -2.82. The van der Waals surface area contributed by atoms with Gasteiger partial charge in [-0.15, -0.1) is 0 Å². The molecule has 0 saturated carbocycles. The van der Waals surface area contributed by atoms with Gasteiger partial charge in [-0.3, -0.25) is 19.7 Å². The van der Waals surface area contributed by atoms with Crippen molar-refractivity contribution in [3.63, 3.8) is 0 Å². The van der Waals surface area contributed by atoms with E-state index in [9.17, 15) is 45.0 Å². The molecule has 2 bridgehead atoms. The van der Waals surface area contributed by atoms with Gasteiger partial charge in [0.25, 0.3) is 0 Å². The summed E-state index contributed by atoms with van der Waals surface area (Å²) >= 11 is 2.80. The van der Waals surface area contributed by atoms with Crippen LogP contribution < -0.4 is 25.0 Å². The van der Waals surface area contributed by atoms with Crippen molar-refractivity contribution in [3.8, 4) is 40.9 Å². The summed E-state index contributed by atoms with van der Waals surface area (Å²) in [4.78, 5) is 46.4. The predicted molar refractivity (Wildman–Crippen MR) is 278 cm³/mol. The number of ketones is 1. The van der Waals surface area contributed by atoms with E-state index in [1.807, 2.05) is 28.8 Å². The number of aliphatic hydroxyl groups excluding tert-OH is 5. The lowest BCUT2D eigenvalue weighted by atomic mass is 9.75. The number of hydrogen-bond donors (Lipinski definition) is 8. The van der Waals surface area contributed by atoms with Crippen LogP contribution in [0.4, 0.5) is 4.79 Å². The Labute approximate surface area is 451 Å². The monoisotopic (exact) mass is 1210 g/mol. The van der Waals surface area contributed by atoms with Gasteiger partial charge in [0, 0.05) is 30.4 Å². The van der Waals surface area contributed by atoms with Gasteiger partial charge >= 0.3 is 6.09 Å². The number of hydrogen-bond acceptors (Lipinski definition) is 24. The van der Waals surface area contributed by atoms with E-state index in [0.717, 1.165) is 18.9 Å². The number of allylic oxidation sites excluding steroid dienone is 3. The van der Waals surface area contributed by atoms with Crippen LogP contribution in [0, 0.1) is 34.2 Å². The normalized spacial score (nSPS) is 35.2. The van der Waals surface area contributed by atoms with Crippen LogP contribution in [0.5, 0.6) is 17.2 Å². The molecule has 0 aromatic heterocycles. The number of nitrogens with one attached hydrogen (secondary N) is 2. The zero-order valence-corrected chi connectivity index (χ0v) is 46.4. The molecule has 8 N–H and O–H groups in total. The molecular formula is C47H59IN2O19S4. The summed E-state index contributed by atoms with van der Waals surface area (Å²) in [5.74, 6) is 10.9. The van der Waals surface area contributed by atoms with Gasteiger partial charge in [0.05, 0.1) is 78.3 Å². The molecular weight excluding hydrogens is 1150 g/mol. The maximum atomic E-state index is 14.2. The standard InChI is InChI=1S/C47H59IN2O19S4/c1-20-29(38(60-5)41(62-7)39(31(20)48)68-45-37(56)40(61-6)34(53)22(3)66-45)43(57)72-42-23(4)64-28(18-25(42)51)69-50-32-21(2)65-44(36(55)35(32)54)67-27-14-12-10-11-13-16-47(59)19-26(52)33(49-46(58)63-8)30(27)24(47)15-17-71-73-70-9/h10-11,15,21-23,25,27-28,32,34-37,40,42,44-45,50-51,53-56,59H,17-19H2,1-9H3,(H,49,58)/b11-10-,24-15-/t21-,22+,23-,25+,27+,28+,32?,34+,35+,36-,37-,40-,42-,44+,45+,47+/m1/s1. The Kier molecular flexibility index (Phi) is 21.6. The van der Waals surface area contributed by atoms with E-state index >= 15 is 0 Å². The smallest absolute Gasteiger partial charge is 0.411 e. The number of rotatable bonds is 17. The third-order valence-corrected chi connectivity index (χ3v) is 18.8. The van der Waals surface area contributed by atoms with E-state index in [1.54, 1.807) is 33.8 Å². The van der Waals surface area contributed by atoms with E-state index in [0.29, 0.717) is 14.9 Å². The molecule has 5 aliphatic rings. The minimum atomic E-state index is -2.03. The second-order valence-corrected chi connectivity index (χ2v) is 23.6. The Bertz CT molecular complexity index is 2420. The average Bonchev–Trinajstić information content (AvgIpc) is 3.35. The fourth-order valence-electron chi connectivity index (χ4n) is 8.64. The third-order valence-electron chi connectivity index (χ3n) is 12.4. The largest absolute Gasteiger partial charge is 0.492 e. The summed E-state index contributed by atoms with van der Waals surface area (Å²) in [6.45, 7) is 6.50. The first-order chi connectivity index (χ1) is 34.7. The summed E-state index contributed by atoms with van der Waals surface area (Å²) in [7, 11) is 9.60. The first kappa shape index (κ1) is 59.4. The fourth-order valence-corrected chi connectivity index (χ4v) is 12.8. The zero-order valence-electron chi connectivity index (χ0n) is 41.0. The number of fused-ring (bicyclic) bond motifs is 2. The molecule has 0 radical (unpaired) electrons. The maximum absolute atomic E-state index is 14.2. The van der Waals surface area contributed by atoms with Crippen LogP contribution in [-0.4, -0.2) is 185 Å². The quantitative estimate of drug-likeness (QED) is 0.0365. The molecule has 3 heterocycles. The minimum absolute atomic E-state index is 0.0254. The Balaban J connectivity index is 1.14. The second-order valence-electron chi connectivity index (χ2n) is 17.0. The number of hydroxylamine groups is 1. The van der Waals surface area contributed by atoms with Crippen molar-refractivity contribution < 1.29 is 92.5 Å². The molecule has 16 atom stereocenters. The highest BCUT2D eigenvalue weighted by Crippen LogP contribution is 2.49. The lowest BCUT2D eigenvalue weighted by Crippen LogP contribution is -2.63. The molecule has 3 saturated heterocycles. The number of amides is 1. The van der Waals surface area contributed by atoms with Gasteiger partial charge in [-0.05, 0) is 84.1 Å². The maximum Gasteiger partial charge on any atom is 0.411 e. The van der Waals surface area contributed by atoms with Gasteiger partial charge in [-0.1, -0.05) is 63.1 Å². The van der Waals surface area contributed by atoms with Crippen LogP contribution in [0.25, 0.3) is 0 Å². The molecule has 3 aliphatic heterocycles. The second kappa shape index (κ2) is 26.5. The molecule has 1 aromatic rings. The fraction of sp³-hybridized carbons (Fsp3) is 0.596. The van der Waals surface area contributed by atoms with Crippen molar-refractivity contribution in [3.05, 3.63) is 49.8 Å². The van der Waals surface area contributed by atoms with Gasteiger partial charge in [0.1, 0.15) is 36.6 Å². The van der Waals surface area contributed by atoms with E-state index < -0.39 is 120 Å². The van der Waals surface area contributed by atoms with Crippen molar-refractivity contribution in [2.75, 3.05) is 40.4 Å². The molecule has 402 valence electrons. The highest BCUT2D eigenvalue weighted by atomic mass is 127. The zero-order chi connectivity index (χ0) is 53.5. The summed E-state index contributed by atoms with van der Waals surface area (Å²) in [5.41, 5.74) is 1.06. The molecule has 1 unspecified atom stereocenters. The number of methoxy groups -OCH3 is 4. The predicted octanol–water partition coefficient (Wildman–Crippen LogP) is 2.43. The van der Waals surface area contributed by atoms with Crippen molar-refractivity contribution in [1.82, 2.24) is 10.8 Å². The molecule has 1 aromatic carbocycles. The minimum Gasteiger partial charge on any atom is -0.492 e. The number of alkyl carbamates (subject to hydrolysis) is 1. The number of benzene rings is 1. The average molecular weight is 1210 g/mol. The highest BCUT2D eigenvalue weighted by molar-refractivity contribution is 14.1. The van der Waals surface area contributed by atoms with Crippen LogP contribution in [-0.2, 0) is 38.1 Å². The van der Waals surface area contributed by atoms with Crippen molar-refractivity contribution in [1.29, 1.82) is 0 Å². The van der Waals surface area contributed by atoms with Gasteiger partial charge in [0.15, 0.2) is 35.5 Å². The number of ether oxygens (including phenoxy) is 9. The first-order valence-corrected chi connectivity index (χ1v) is 28.6. The molecule has 2 aliphatic carbocycles. The van der Waals surface area contributed by atoms with E-state index in [-0.39, 0.29) is 46.1 Å². The van der Waals surface area contributed by atoms with Crippen molar-refractivity contribution in [2.45, 2.75) is 137 Å². The number of Topliss-reactive ketones (excluding diaryl/α,β-unsaturated/α-hetero) is 1. The molecule has 73 heavy (non-hydrogen) atoms. The van der Waals surface area contributed by atoms with Gasteiger partial charge in [-0.25, -0.2) is 4.79 Å². The number of halogens is 1. The van der Waals surface area contributed by atoms with E-state index in [2.05, 4.69) is 34.5 Å². The van der Waals surface area contributed by atoms with Gasteiger partial charge in [-0.2, -0.15) is 5.48 Å². The van der Waals surface area contributed by atoms with Gasteiger partial charge in [0.2, 0.25) is 17.2 Å². The Morgan fingerprint density at radius 2 is 1.62 bits per heavy atom. The Morgan fingerprint density at radius 1 is 0.918 bits per heavy atom. The third kappa shape index (κ3) is 13.3. The number of carbonyl (C=O) groups is 3. The summed E-state index contributed by atoms with van der Waals surface area (Å²) < 4.78 is 52.4. The molecule has 1 amide bonds. The lowest BCUT2D eigenvalue weighted by molar-refractivity contribution is -0.301. The topological polar surface area (TPSA) is 289 Å².